The molecule has 4 rings (SSSR count). The van der Waals surface area contributed by atoms with Crippen LogP contribution in [0, 0.1) is 0 Å². The molecule has 0 aliphatic heterocycles. The maximum absolute atomic E-state index is 10.5. The Kier molecular flexibility index (Phi) is 2.06. The largest absolute Gasteiger partial charge is 0.380 e. The first-order valence-electron chi connectivity index (χ1n) is 5.83. The van der Waals surface area contributed by atoms with Gasteiger partial charge in [-0.3, -0.25) is 4.40 Å². The fourth-order valence-electron chi connectivity index (χ4n) is 2.21. The van der Waals surface area contributed by atoms with Gasteiger partial charge in [0.15, 0.2) is 0 Å². The summed E-state index contributed by atoms with van der Waals surface area (Å²) in [6.07, 6.45) is 6.79. The van der Waals surface area contributed by atoms with Crippen LogP contribution in [0.3, 0.4) is 0 Å². The zero-order valence-electron chi connectivity index (χ0n) is 9.45. The van der Waals surface area contributed by atoms with Gasteiger partial charge in [0.1, 0.15) is 23.0 Å². The molecule has 1 aliphatic carbocycles. The Bertz CT molecular complexity index is 681. The van der Waals surface area contributed by atoms with Crippen molar-refractivity contribution in [2.75, 3.05) is 0 Å². The summed E-state index contributed by atoms with van der Waals surface area (Å²) in [6.45, 7) is 0. The van der Waals surface area contributed by atoms with Gasteiger partial charge in [0.05, 0.1) is 18.1 Å². The van der Waals surface area contributed by atoms with Crippen molar-refractivity contribution in [3.63, 3.8) is 0 Å². The molecule has 0 spiro atoms. The predicted octanol–water partition coefficient (Wildman–Crippen LogP) is 1.47. The summed E-state index contributed by atoms with van der Waals surface area (Å²) < 4.78 is 1.96. The van der Waals surface area contributed by atoms with Crippen molar-refractivity contribution in [2.24, 2.45) is 0 Å². The lowest BCUT2D eigenvalue weighted by atomic mass is 10.1. The molecule has 3 heterocycles. The third kappa shape index (κ3) is 1.41. The highest BCUT2D eigenvalue weighted by atomic mass is 32.1. The van der Waals surface area contributed by atoms with Gasteiger partial charge in [0.25, 0.3) is 0 Å². The van der Waals surface area contributed by atoms with Crippen LogP contribution in [0.5, 0.6) is 0 Å². The summed E-state index contributed by atoms with van der Waals surface area (Å²) in [5, 5.41) is 20.7. The lowest BCUT2D eigenvalue weighted by molar-refractivity contribution is 0.208. The van der Waals surface area contributed by atoms with E-state index in [1.54, 1.807) is 23.9 Å². The minimum Gasteiger partial charge on any atom is -0.380 e. The van der Waals surface area contributed by atoms with Gasteiger partial charge in [-0.25, -0.2) is 4.98 Å². The first kappa shape index (κ1) is 10.2. The fourth-order valence-corrected chi connectivity index (χ4v) is 3.51. The molecular weight excluding hydrogens is 250 g/mol. The second kappa shape index (κ2) is 3.63. The molecule has 0 radical (unpaired) electrons. The Morgan fingerprint density at radius 2 is 2.33 bits per heavy atom. The van der Waals surface area contributed by atoms with Crippen LogP contribution in [0.2, 0.25) is 0 Å². The third-order valence-corrected chi connectivity index (χ3v) is 4.53. The van der Waals surface area contributed by atoms with Gasteiger partial charge in [-0.15, -0.1) is 11.3 Å². The van der Waals surface area contributed by atoms with E-state index in [0.717, 1.165) is 10.5 Å². The number of nitrogens with one attached hydrogen (secondary N) is 1. The third-order valence-electron chi connectivity index (χ3n) is 3.25. The highest BCUT2D eigenvalue weighted by Crippen LogP contribution is 2.47. The number of aliphatic hydroxyl groups excluding tert-OH is 1. The zero-order valence-corrected chi connectivity index (χ0v) is 10.3. The van der Waals surface area contributed by atoms with Crippen molar-refractivity contribution in [3.8, 4) is 0 Å². The van der Waals surface area contributed by atoms with Gasteiger partial charge < -0.3 is 5.11 Å². The molecule has 2 N–H and O–H groups in total. The van der Waals surface area contributed by atoms with E-state index in [0.29, 0.717) is 11.6 Å². The normalized spacial score (nSPS) is 17.4. The molecule has 6 nitrogen and oxygen atoms in total. The van der Waals surface area contributed by atoms with Gasteiger partial charge in [-0.1, -0.05) is 0 Å². The topological polar surface area (TPSA) is 79.1 Å². The van der Waals surface area contributed by atoms with E-state index in [2.05, 4.69) is 20.4 Å². The van der Waals surface area contributed by atoms with Crippen molar-refractivity contribution < 1.29 is 5.11 Å². The Labute approximate surface area is 106 Å². The quantitative estimate of drug-likeness (QED) is 0.748. The number of imidazole rings is 1. The van der Waals surface area contributed by atoms with Gasteiger partial charge in [-0.05, 0) is 18.8 Å². The highest BCUT2D eigenvalue weighted by molar-refractivity contribution is 7.17. The summed E-state index contributed by atoms with van der Waals surface area (Å²) in [5.74, 6) is 0.589. The van der Waals surface area contributed by atoms with Crippen LogP contribution in [0.15, 0.2) is 18.7 Å². The minimum atomic E-state index is -0.748. The number of rotatable bonds is 3. The lowest BCUT2D eigenvalue weighted by Gasteiger charge is -2.09. The molecule has 0 aromatic carbocycles. The Morgan fingerprint density at radius 3 is 3.06 bits per heavy atom. The SMILES string of the molecule is OC(c1cn[nH]n1)c1c(C2CC2)sc2cncn12. The number of thiazole rings is 1. The first-order valence-corrected chi connectivity index (χ1v) is 6.64. The average molecular weight is 261 g/mol. The summed E-state index contributed by atoms with van der Waals surface area (Å²) in [7, 11) is 0. The number of H-pyrrole nitrogens is 1. The van der Waals surface area contributed by atoms with Crippen LogP contribution in [0.1, 0.15) is 41.1 Å². The molecule has 7 heteroatoms. The number of nitrogens with zero attached hydrogens (tertiary/aromatic N) is 4. The second-order valence-corrected chi connectivity index (χ2v) is 5.59. The van der Waals surface area contributed by atoms with E-state index in [-0.39, 0.29) is 0 Å². The second-order valence-electron chi connectivity index (χ2n) is 4.53. The molecule has 92 valence electrons. The van der Waals surface area contributed by atoms with Crippen molar-refractivity contribution in [3.05, 3.63) is 35.0 Å². The Hall–Kier alpha value is -1.73. The maximum Gasteiger partial charge on any atom is 0.141 e. The van der Waals surface area contributed by atoms with E-state index < -0.39 is 6.10 Å². The number of aliphatic hydroxyl groups is 1. The molecule has 3 aromatic heterocycles. The molecule has 0 saturated heterocycles. The maximum atomic E-state index is 10.5. The molecule has 1 aliphatic rings. The van der Waals surface area contributed by atoms with Gasteiger partial charge >= 0.3 is 0 Å². The molecule has 18 heavy (non-hydrogen) atoms. The van der Waals surface area contributed by atoms with Gasteiger partial charge in [0, 0.05) is 4.88 Å². The summed E-state index contributed by atoms with van der Waals surface area (Å²) >= 11 is 1.71. The van der Waals surface area contributed by atoms with E-state index >= 15 is 0 Å². The molecule has 1 unspecified atom stereocenters. The fraction of sp³-hybridized carbons (Fsp3) is 0.364. The van der Waals surface area contributed by atoms with Gasteiger partial charge in [-0.2, -0.15) is 15.4 Å². The number of fused-ring (bicyclic) bond motifs is 1. The predicted molar refractivity (Wildman–Crippen MR) is 65.5 cm³/mol. The minimum absolute atomic E-state index is 0.547. The average Bonchev–Trinajstić information content (AvgIpc) is 2.84. The lowest BCUT2D eigenvalue weighted by Crippen LogP contribution is -2.06. The van der Waals surface area contributed by atoms with Crippen LogP contribution in [0.25, 0.3) is 4.83 Å². The van der Waals surface area contributed by atoms with E-state index in [1.165, 1.54) is 17.7 Å². The smallest absolute Gasteiger partial charge is 0.141 e. The molecule has 0 amide bonds. The first-order chi connectivity index (χ1) is 8.84. The van der Waals surface area contributed by atoms with Crippen LogP contribution in [-0.2, 0) is 0 Å². The number of hydrogen-bond acceptors (Lipinski definition) is 5. The zero-order chi connectivity index (χ0) is 12.1. The number of aromatic amines is 1. The number of hydrogen-bond donors (Lipinski definition) is 2. The van der Waals surface area contributed by atoms with E-state index in [1.807, 2.05) is 10.6 Å². The molecule has 0 bridgehead atoms. The van der Waals surface area contributed by atoms with Crippen molar-refractivity contribution in [1.82, 2.24) is 24.8 Å². The summed E-state index contributed by atoms with van der Waals surface area (Å²) in [6, 6.07) is 0. The summed E-state index contributed by atoms with van der Waals surface area (Å²) in [4.78, 5) is 6.44. The van der Waals surface area contributed by atoms with Crippen LogP contribution >= 0.6 is 11.3 Å². The highest BCUT2D eigenvalue weighted by Gasteiger charge is 2.33. The van der Waals surface area contributed by atoms with Crippen LogP contribution in [0.4, 0.5) is 0 Å². The van der Waals surface area contributed by atoms with E-state index in [4.69, 9.17) is 0 Å². The molecule has 1 saturated carbocycles. The molecule has 1 atom stereocenters. The Morgan fingerprint density at radius 1 is 1.44 bits per heavy atom. The monoisotopic (exact) mass is 261 g/mol. The van der Waals surface area contributed by atoms with Crippen LogP contribution < -0.4 is 0 Å². The van der Waals surface area contributed by atoms with Crippen molar-refractivity contribution in [1.29, 1.82) is 0 Å². The Balaban J connectivity index is 1.91. The van der Waals surface area contributed by atoms with Crippen molar-refractivity contribution in [2.45, 2.75) is 24.9 Å². The molecule has 1 fully saturated rings. The standard InChI is InChI=1S/C11H11N5OS/c17-10(7-3-13-15-14-7)9-11(6-1-2-6)18-8-4-12-5-16(8)9/h3-6,10,17H,1-2H2,(H,13,14,15). The number of aromatic nitrogens is 5. The van der Waals surface area contributed by atoms with E-state index in [9.17, 15) is 5.11 Å². The van der Waals surface area contributed by atoms with Crippen LogP contribution in [-0.4, -0.2) is 29.9 Å². The summed E-state index contributed by atoms with van der Waals surface area (Å²) in [5.41, 5.74) is 1.44. The molecule has 3 aromatic rings. The molecular formula is C11H11N5OS. The van der Waals surface area contributed by atoms with Gasteiger partial charge in [0.2, 0.25) is 0 Å². The van der Waals surface area contributed by atoms with Crippen molar-refractivity contribution >= 4 is 16.2 Å².